The van der Waals surface area contributed by atoms with Crippen LogP contribution in [0.4, 0.5) is 10.8 Å². The third kappa shape index (κ3) is 1.78. The molecule has 0 amide bonds. The number of aromatic nitrogens is 3. The van der Waals surface area contributed by atoms with Gasteiger partial charge in [-0.05, 0) is 48.7 Å². The van der Waals surface area contributed by atoms with Gasteiger partial charge in [0, 0.05) is 24.3 Å². The summed E-state index contributed by atoms with van der Waals surface area (Å²) in [5, 5.41) is 8.40. The SMILES string of the molecule is Cc1ccc(N(C)c2nnns2)c(C)c1C. The largest absolute Gasteiger partial charge is 0.318 e. The van der Waals surface area contributed by atoms with Crippen LogP contribution in [0.15, 0.2) is 12.1 Å². The number of anilines is 2. The van der Waals surface area contributed by atoms with E-state index in [0.717, 1.165) is 10.8 Å². The summed E-state index contributed by atoms with van der Waals surface area (Å²) < 4.78 is 3.78. The van der Waals surface area contributed by atoms with E-state index in [1.807, 2.05) is 11.9 Å². The summed E-state index contributed by atoms with van der Waals surface area (Å²) >= 11 is 1.30. The Labute approximate surface area is 99.1 Å². The summed E-state index contributed by atoms with van der Waals surface area (Å²) in [6, 6.07) is 4.24. The molecule has 0 aliphatic carbocycles. The van der Waals surface area contributed by atoms with Gasteiger partial charge in [0.2, 0.25) is 5.13 Å². The standard InChI is InChI=1S/C11H14N4S/c1-7-5-6-10(9(3)8(7)2)15(4)11-12-13-14-16-11/h5-6H,1-4H3. The molecule has 0 aliphatic heterocycles. The molecule has 0 saturated carbocycles. The third-order valence-electron chi connectivity index (χ3n) is 2.97. The van der Waals surface area contributed by atoms with Crippen LogP contribution in [0.1, 0.15) is 16.7 Å². The zero-order valence-corrected chi connectivity index (χ0v) is 10.7. The molecule has 2 aromatic rings. The summed E-state index contributed by atoms with van der Waals surface area (Å²) in [6.45, 7) is 6.39. The molecule has 0 atom stereocenters. The maximum Gasteiger partial charge on any atom is 0.232 e. The Hall–Kier alpha value is -1.49. The first-order valence-electron chi connectivity index (χ1n) is 5.07. The lowest BCUT2D eigenvalue weighted by Gasteiger charge is -2.19. The summed E-state index contributed by atoms with van der Waals surface area (Å²) in [5.41, 5.74) is 5.06. The van der Waals surface area contributed by atoms with Crippen LogP contribution in [0.25, 0.3) is 0 Å². The third-order valence-corrected chi connectivity index (χ3v) is 3.64. The highest BCUT2D eigenvalue weighted by atomic mass is 32.1. The smallest absolute Gasteiger partial charge is 0.232 e. The highest BCUT2D eigenvalue weighted by molar-refractivity contribution is 7.09. The van der Waals surface area contributed by atoms with Crippen molar-refractivity contribution >= 4 is 22.4 Å². The normalized spacial score (nSPS) is 10.5. The summed E-state index contributed by atoms with van der Waals surface area (Å²) in [4.78, 5) is 2.02. The van der Waals surface area contributed by atoms with Crippen molar-refractivity contribution in [1.82, 2.24) is 14.8 Å². The van der Waals surface area contributed by atoms with E-state index in [1.54, 1.807) is 0 Å². The van der Waals surface area contributed by atoms with Gasteiger partial charge in [0.25, 0.3) is 0 Å². The molecule has 2 rings (SSSR count). The minimum Gasteiger partial charge on any atom is -0.318 e. The maximum absolute atomic E-state index is 3.97. The number of nitrogens with zero attached hydrogens (tertiary/aromatic N) is 4. The molecule has 0 N–H and O–H groups in total. The number of benzene rings is 1. The van der Waals surface area contributed by atoms with Gasteiger partial charge in [-0.25, -0.2) is 0 Å². The van der Waals surface area contributed by atoms with Gasteiger partial charge >= 0.3 is 0 Å². The Morgan fingerprint density at radius 2 is 1.88 bits per heavy atom. The molecule has 0 unspecified atom stereocenters. The average molecular weight is 234 g/mol. The van der Waals surface area contributed by atoms with Crippen molar-refractivity contribution < 1.29 is 0 Å². The zero-order chi connectivity index (χ0) is 11.7. The van der Waals surface area contributed by atoms with E-state index in [1.165, 1.54) is 28.2 Å². The first-order chi connectivity index (χ1) is 7.61. The molecule has 1 heterocycles. The van der Waals surface area contributed by atoms with E-state index >= 15 is 0 Å². The Morgan fingerprint density at radius 3 is 2.50 bits per heavy atom. The predicted octanol–water partition coefficient (Wildman–Crippen LogP) is 2.63. The van der Waals surface area contributed by atoms with Crippen LogP contribution in [0.5, 0.6) is 0 Å². The van der Waals surface area contributed by atoms with E-state index in [-0.39, 0.29) is 0 Å². The molecular weight excluding hydrogens is 220 g/mol. The molecular formula is C11H14N4S. The molecule has 4 nitrogen and oxygen atoms in total. The van der Waals surface area contributed by atoms with Crippen LogP contribution < -0.4 is 4.90 Å². The molecule has 1 aromatic carbocycles. The van der Waals surface area contributed by atoms with E-state index < -0.39 is 0 Å². The summed E-state index contributed by atoms with van der Waals surface area (Å²) in [6.07, 6.45) is 0. The van der Waals surface area contributed by atoms with E-state index in [9.17, 15) is 0 Å². The van der Waals surface area contributed by atoms with E-state index in [2.05, 4.69) is 47.7 Å². The maximum atomic E-state index is 3.97. The fraction of sp³-hybridized carbons (Fsp3) is 0.364. The Kier molecular flexibility index (Phi) is 2.87. The van der Waals surface area contributed by atoms with Crippen LogP contribution in [0.3, 0.4) is 0 Å². The lowest BCUT2D eigenvalue weighted by Crippen LogP contribution is -2.11. The molecule has 0 spiro atoms. The first-order valence-corrected chi connectivity index (χ1v) is 5.84. The topological polar surface area (TPSA) is 41.9 Å². The van der Waals surface area contributed by atoms with Crippen molar-refractivity contribution in [2.24, 2.45) is 0 Å². The van der Waals surface area contributed by atoms with E-state index in [4.69, 9.17) is 0 Å². The highest BCUT2D eigenvalue weighted by Gasteiger charge is 2.12. The summed E-state index contributed by atoms with van der Waals surface area (Å²) in [5.74, 6) is 0. The van der Waals surface area contributed by atoms with Gasteiger partial charge in [-0.3, -0.25) is 0 Å². The Morgan fingerprint density at radius 1 is 1.12 bits per heavy atom. The van der Waals surface area contributed by atoms with Crippen LogP contribution in [0.2, 0.25) is 0 Å². The Bertz CT molecular complexity index is 493. The van der Waals surface area contributed by atoms with Gasteiger partial charge in [0.1, 0.15) is 0 Å². The minimum absolute atomic E-state index is 0.811. The molecule has 0 saturated heterocycles. The molecule has 0 fully saturated rings. The molecule has 1 aromatic heterocycles. The Balaban J connectivity index is 2.45. The fourth-order valence-corrected chi connectivity index (χ4v) is 2.11. The van der Waals surface area contributed by atoms with Crippen molar-refractivity contribution in [3.05, 3.63) is 28.8 Å². The van der Waals surface area contributed by atoms with Crippen molar-refractivity contribution in [2.75, 3.05) is 11.9 Å². The van der Waals surface area contributed by atoms with Gasteiger partial charge in [-0.2, -0.15) is 0 Å². The quantitative estimate of drug-likeness (QED) is 0.801. The second-order valence-corrected chi connectivity index (χ2v) is 4.57. The first kappa shape index (κ1) is 11.0. The van der Waals surface area contributed by atoms with Gasteiger partial charge < -0.3 is 4.90 Å². The molecule has 0 bridgehead atoms. The van der Waals surface area contributed by atoms with Gasteiger partial charge in [-0.15, -0.1) is 0 Å². The molecule has 0 aliphatic rings. The highest BCUT2D eigenvalue weighted by Crippen LogP contribution is 2.29. The average Bonchev–Trinajstić information content (AvgIpc) is 2.79. The van der Waals surface area contributed by atoms with Gasteiger partial charge in [-0.1, -0.05) is 15.7 Å². The van der Waals surface area contributed by atoms with Crippen molar-refractivity contribution in [3.8, 4) is 0 Å². The van der Waals surface area contributed by atoms with Gasteiger partial charge in [0.05, 0.1) is 0 Å². The fourth-order valence-electron chi connectivity index (χ4n) is 1.67. The van der Waals surface area contributed by atoms with Crippen LogP contribution in [-0.4, -0.2) is 21.8 Å². The number of hydrogen-bond donors (Lipinski definition) is 0. The van der Waals surface area contributed by atoms with Gasteiger partial charge in [0.15, 0.2) is 0 Å². The lowest BCUT2D eigenvalue weighted by molar-refractivity contribution is 0.943. The van der Waals surface area contributed by atoms with Crippen LogP contribution in [-0.2, 0) is 0 Å². The van der Waals surface area contributed by atoms with Crippen molar-refractivity contribution in [1.29, 1.82) is 0 Å². The summed E-state index contributed by atoms with van der Waals surface area (Å²) in [7, 11) is 1.99. The number of rotatable bonds is 2. The van der Waals surface area contributed by atoms with Crippen LogP contribution >= 0.6 is 11.5 Å². The molecule has 16 heavy (non-hydrogen) atoms. The zero-order valence-electron chi connectivity index (χ0n) is 9.85. The van der Waals surface area contributed by atoms with Crippen molar-refractivity contribution in [2.45, 2.75) is 20.8 Å². The second-order valence-electron chi connectivity index (χ2n) is 3.86. The monoisotopic (exact) mass is 234 g/mol. The number of aryl methyl sites for hydroxylation is 1. The van der Waals surface area contributed by atoms with Crippen LogP contribution in [0, 0.1) is 20.8 Å². The van der Waals surface area contributed by atoms with Crippen molar-refractivity contribution in [3.63, 3.8) is 0 Å². The molecule has 0 radical (unpaired) electrons. The van der Waals surface area contributed by atoms with E-state index in [0.29, 0.717) is 0 Å². The second kappa shape index (κ2) is 4.17. The molecule has 84 valence electrons. The number of hydrogen-bond acceptors (Lipinski definition) is 5. The lowest BCUT2D eigenvalue weighted by atomic mass is 10.0. The minimum atomic E-state index is 0.811. The molecule has 5 heteroatoms. The predicted molar refractivity (Wildman–Crippen MR) is 66.4 cm³/mol.